The van der Waals surface area contributed by atoms with Crippen molar-refractivity contribution in [3.8, 4) is 0 Å². The monoisotopic (exact) mass is 303 g/mol. The number of rotatable bonds is 3. The van der Waals surface area contributed by atoms with Crippen molar-refractivity contribution in [2.75, 3.05) is 11.9 Å². The molecule has 0 aliphatic carbocycles. The highest BCUT2D eigenvalue weighted by atomic mass is 79.9. The Bertz CT molecular complexity index is 291. The van der Waals surface area contributed by atoms with Crippen LogP contribution >= 0.6 is 28.3 Å². The molecule has 1 aliphatic rings. The van der Waals surface area contributed by atoms with Gasteiger partial charge < -0.3 is 0 Å². The minimum atomic E-state index is 0. The first kappa shape index (κ1) is 14.0. The zero-order valence-corrected chi connectivity index (χ0v) is 11.8. The summed E-state index contributed by atoms with van der Waals surface area (Å²) in [6.45, 7) is 2.36. The third-order valence-electron chi connectivity index (χ3n) is 3.16. The van der Waals surface area contributed by atoms with Crippen molar-refractivity contribution in [1.29, 1.82) is 0 Å². The molecule has 2 rings (SSSR count). The van der Waals surface area contributed by atoms with Gasteiger partial charge in [0, 0.05) is 17.9 Å². The van der Waals surface area contributed by atoms with Gasteiger partial charge in [-0.2, -0.15) is 0 Å². The lowest BCUT2D eigenvalue weighted by Crippen LogP contribution is -2.39. The molecule has 0 spiro atoms. The molecule has 1 aliphatic heterocycles. The summed E-state index contributed by atoms with van der Waals surface area (Å²) >= 11 is 3.62. The topological polar surface area (TPSA) is 3.24 Å². The van der Waals surface area contributed by atoms with Gasteiger partial charge in [0.2, 0.25) is 0 Å². The zero-order chi connectivity index (χ0) is 10.5. The van der Waals surface area contributed by atoms with E-state index in [1.807, 2.05) is 0 Å². The van der Waals surface area contributed by atoms with Crippen molar-refractivity contribution in [1.82, 2.24) is 4.90 Å². The second kappa shape index (κ2) is 7.31. The second-order valence-electron chi connectivity index (χ2n) is 4.26. The van der Waals surface area contributed by atoms with Gasteiger partial charge in [0.1, 0.15) is 0 Å². The molecule has 0 bridgehead atoms. The summed E-state index contributed by atoms with van der Waals surface area (Å²) in [6, 6.07) is 11.5. The standard InChI is InChI=1S/C13H18BrN.ClH/c14-10-13-8-4-5-9-15(13)11-12-6-2-1-3-7-12;/h1-3,6-7,13H,4-5,8-11H2;1H/t13-;/m1./s1. The van der Waals surface area contributed by atoms with Crippen LogP contribution in [0.3, 0.4) is 0 Å². The number of piperidine rings is 1. The van der Waals surface area contributed by atoms with E-state index in [1.54, 1.807) is 0 Å². The fourth-order valence-electron chi connectivity index (χ4n) is 2.26. The van der Waals surface area contributed by atoms with Crippen LogP contribution in [-0.2, 0) is 6.54 Å². The highest BCUT2D eigenvalue weighted by Gasteiger charge is 2.20. The van der Waals surface area contributed by atoms with Crippen molar-refractivity contribution in [3.63, 3.8) is 0 Å². The molecule has 90 valence electrons. The van der Waals surface area contributed by atoms with Crippen molar-refractivity contribution < 1.29 is 0 Å². The number of hydrogen-bond donors (Lipinski definition) is 0. The van der Waals surface area contributed by atoms with Crippen LogP contribution in [0, 0.1) is 0 Å². The largest absolute Gasteiger partial charge is 0.295 e. The molecular weight excluding hydrogens is 286 g/mol. The number of halogens is 2. The molecule has 1 aromatic carbocycles. The SMILES string of the molecule is BrC[C@H]1CCCCN1Cc1ccccc1.Cl. The summed E-state index contributed by atoms with van der Waals surface area (Å²) in [7, 11) is 0. The first-order chi connectivity index (χ1) is 7.40. The molecule has 1 nitrogen and oxygen atoms in total. The molecule has 16 heavy (non-hydrogen) atoms. The molecule has 0 aromatic heterocycles. The molecule has 1 heterocycles. The minimum Gasteiger partial charge on any atom is -0.295 e. The maximum atomic E-state index is 3.62. The highest BCUT2D eigenvalue weighted by molar-refractivity contribution is 9.09. The van der Waals surface area contributed by atoms with E-state index in [2.05, 4.69) is 51.2 Å². The normalized spacial score (nSPS) is 21.4. The molecule has 1 fully saturated rings. The van der Waals surface area contributed by atoms with Gasteiger partial charge >= 0.3 is 0 Å². The van der Waals surface area contributed by atoms with Gasteiger partial charge in [-0.15, -0.1) is 12.4 Å². The van der Waals surface area contributed by atoms with Gasteiger partial charge in [-0.3, -0.25) is 4.90 Å². The Hall–Kier alpha value is -0.0500. The number of alkyl halides is 1. The summed E-state index contributed by atoms with van der Waals surface area (Å²) in [6.07, 6.45) is 4.09. The van der Waals surface area contributed by atoms with E-state index in [1.165, 1.54) is 31.4 Å². The first-order valence-electron chi connectivity index (χ1n) is 5.74. The Morgan fingerprint density at radius 1 is 1.19 bits per heavy atom. The van der Waals surface area contributed by atoms with Crippen molar-refractivity contribution in [3.05, 3.63) is 35.9 Å². The molecule has 1 saturated heterocycles. The van der Waals surface area contributed by atoms with Gasteiger partial charge in [0.25, 0.3) is 0 Å². The molecule has 0 saturated carbocycles. The summed E-state index contributed by atoms with van der Waals surface area (Å²) in [5.74, 6) is 0. The summed E-state index contributed by atoms with van der Waals surface area (Å²) in [5.41, 5.74) is 1.44. The maximum absolute atomic E-state index is 3.62. The van der Waals surface area contributed by atoms with Crippen LogP contribution in [0.1, 0.15) is 24.8 Å². The van der Waals surface area contributed by atoms with Crippen LogP contribution in [0.5, 0.6) is 0 Å². The van der Waals surface area contributed by atoms with E-state index in [4.69, 9.17) is 0 Å². The van der Waals surface area contributed by atoms with E-state index >= 15 is 0 Å². The van der Waals surface area contributed by atoms with Gasteiger partial charge in [-0.25, -0.2) is 0 Å². The zero-order valence-electron chi connectivity index (χ0n) is 9.44. The average Bonchev–Trinajstić information content (AvgIpc) is 2.31. The smallest absolute Gasteiger partial charge is 0.0237 e. The van der Waals surface area contributed by atoms with Crippen LogP contribution in [0.15, 0.2) is 30.3 Å². The Labute approximate surface area is 113 Å². The van der Waals surface area contributed by atoms with Crippen LogP contribution in [-0.4, -0.2) is 22.8 Å². The summed E-state index contributed by atoms with van der Waals surface area (Å²) < 4.78 is 0. The Morgan fingerprint density at radius 2 is 1.94 bits per heavy atom. The lowest BCUT2D eigenvalue weighted by molar-refractivity contribution is 0.156. The Kier molecular flexibility index (Phi) is 6.40. The molecule has 1 atom stereocenters. The molecular formula is C13H19BrClN. The predicted octanol–water partition coefficient (Wildman–Crippen LogP) is 3.86. The van der Waals surface area contributed by atoms with Crippen molar-refractivity contribution in [2.24, 2.45) is 0 Å². The summed E-state index contributed by atoms with van der Waals surface area (Å²) in [4.78, 5) is 2.60. The molecule has 1 aromatic rings. The predicted molar refractivity (Wildman–Crippen MR) is 75.5 cm³/mol. The van der Waals surface area contributed by atoms with Gasteiger partial charge in [-0.1, -0.05) is 52.7 Å². The van der Waals surface area contributed by atoms with Crippen LogP contribution in [0.2, 0.25) is 0 Å². The lowest BCUT2D eigenvalue weighted by atomic mass is 10.0. The maximum Gasteiger partial charge on any atom is 0.0237 e. The third kappa shape index (κ3) is 3.76. The molecule has 3 heteroatoms. The number of nitrogens with zero attached hydrogens (tertiary/aromatic N) is 1. The molecule has 0 N–H and O–H groups in total. The summed E-state index contributed by atoms with van der Waals surface area (Å²) in [5, 5.41) is 1.11. The molecule has 0 amide bonds. The molecule has 0 radical (unpaired) electrons. The Morgan fingerprint density at radius 3 is 2.62 bits per heavy atom. The van der Waals surface area contributed by atoms with Crippen molar-refractivity contribution >= 4 is 28.3 Å². The van der Waals surface area contributed by atoms with E-state index < -0.39 is 0 Å². The van der Waals surface area contributed by atoms with E-state index in [0.29, 0.717) is 0 Å². The van der Waals surface area contributed by atoms with E-state index in [0.717, 1.165) is 17.9 Å². The molecule has 0 unspecified atom stereocenters. The third-order valence-corrected chi connectivity index (χ3v) is 3.90. The van der Waals surface area contributed by atoms with Crippen LogP contribution < -0.4 is 0 Å². The number of hydrogen-bond acceptors (Lipinski definition) is 1. The quantitative estimate of drug-likeness (QED) is 0.767. The van der Waals surface area contributed by atoms with E-state index in [-0.39, 0.29) is 12.4 Å². The fourth-order valence-corrected chi connectivity index (χ4v) is 2.99. The lowest BCUT2D eigenvalue weighted by Gasteiger charge is -2.34. The van der Waals surface area contributed by atoms with E-state index in [9.17, 15) is 0 Å². The first-order valence-corrected chi connectivity index (χ1v) is 6.86. The van der Waals surface area contributed by atoms with Crippen LogP contribution in [0.4, 0.5) is 0 Å². The fraction of sp³-hybridized carbons (Fsp3) is 0.538. The Balaban J connectivity index is 0.00000128. The van der Waals surface area contributed by atoms with Crippen molar-refractivity contribution in [2.45, 2.75) is 31.8 Å². The van der Waals surface area contributed by atoms with Gasteiger partial charge in [0.15, 0.2) is 0 Å². The average molecular weight is 305 g/mol. The van der Waals surface area contributed by atoms with Crippen LogP contribution in [0.25, 0.3) is 0 Å². The highest BCUT2D eigenvalue weighted by Crippen LogP contribution is 2.20. The number of benzene rings is 1. The van der Waals surface area contributed by atoms with Gasteiger partial charge in [0.05, 0.1) is 0 Å². The number of likely N-dealkylation sites (tertiary alicyclic amines) is 1. The minimum absolute atomic E-state index is 0. The van der Waals surface area contributed by atoms with Gasteiger partial charge in [-0.05, 0) is 24.9 Å². The second-order valence-corrected chi connectivity index (χ2v) is 4.91.